The normalized spacial score (nSPS) is 17.7. The summed E-state index contributed by atoms with van der Waals surface area (Å²) in [7, 11) is 1.69. The van der Waals surface area contributed by atoms with Crippen molar-refractivity contribution in [2.75, 3.05) is 18.9 Å². The van der Waals surface area contributed by atoms with Gasteiger partial charge in [0.1, 0.15) is 12.1 Å². The molecule has 0 aliphatic heterocycles. The summed E-state index contributed by atoms with van der Waals surface area (Å²) in [4.78, 5) is 38.3. The first-order valence-electron chi connectivity index (χ1n) is 12.4. The number of aliphatic hydroxyl groups excluding tert-OH is 1. The number of carbonyl (C=O) groups excluding carboxylic acids is 3. The highest BCUT2D eigenvalue weighted by Gasteiger charge is 2.25. The molecule has 1 fully saturated rings. The number of hydrogen-bond acceptors (Lipinski definition) is 5. The van der Waals surface area contributed by atoms with E-state index in [4.69, 9.17) is 4.74 Å². The lowest BCUT2D eigenvalue weighted by molar-refractivity contribution is -0.129. The Morgan fingerprint density at radius 2 is 1.67 bits per heavy atom. The van der Waals surface area contributed by atoms with Gasteiger partial charge in [-0.2, -0.15) is 0 Å². The minimum Gasteiger partial charge on any atom is -0.444 e. The molecule has 1 aliphatic carbocycles. The molecule has 0 spiro atoms. The molecule has 3 N–H and O–H groups in total. The Balaban J connectivity index is 1.54. The molecule has 2 aromatic rings. The Kier molecular flexibility index (Phi) is 9.09. The maximum atomic E-state index is 12.5. The van der Waals surface area contributed by atoms with Crippen LogP contribution in [-0.2, 0) is 20.9 Å². The fourth-order valence-electron chi connectivity index (χ4n) is 4.14. The summed E-state index contributed by atoms with van der Waals surface area (Å²) < 4.78 is 5.16. The molecule has 0 bridgehead atoms. The Bertz CT molecular complexity index is 1050. The molecule has 2 aromatic carbocycles. The maximum Gasteiger partial charge on any atom is 0.408 e. The first-order valence-corrected chi connectivity index (χ1v) is 12.4. The molecule has 0 unspecified atom stereocenters. The van der Waals surface area contributed by atoms with Gasteiger partial charge < -0.3 is 25.4 Å². The predicted octanol–water partition coefficient (Wildman–Crippen LogP) is 4.33. The van der Waals surface area contributed by atoms with Gasteiger partial charge in [-0.3, -0.25) is 9.59 Å². The van der Waals surface area contributed by atoms with Crippen molar-refractivity contribution in [2.24, 2.45) is 5.92 Å². The van der Waals surface area contributed by atoms with E-state index in [1.807, 2.05) is 48.5 Å². The van der Waals surface area contributed by atoms with E-state index in [9.17, 15) is 19.5 Å². The lowest BCUT2D eigenvalue weighted by Crippen LogP contribution is -2.40. The van der Waals surface area contributed by atoms with E-state index in [0.29, 0.717) is 32.2 Å². The molecule has 8 heteroatoms. The number of aliphatic hydroxyl groups is 1. The zero-order chi connectivity index (χ0) is 26.3. The highest BCUT2D eigenvalue weighted by atomic mass is 16.6. The molecule has 0 radical (unpaired) electrons. The minimum atomic E-state index is -0.622. The van der Waals surface area contributed by atoms with Gasteiger partial charge >= 0.3 is 6.09 Å². The van der Waals surface area contributed by atoms with Crippen LogP contribution in [0.25, 0.3) is 11.1 Å². The highest BCUT2D eigenvalue weighted by molar-refractivity contribution is 5.92. The Morgan fingerprint density at radius 3 is 2.31 bits per heavy atom. The summed E-state index contributed by atoms with van der Waals surface area (Å²) in [6, 6.07) is 15.6. The SMILES string of the molecule is CN(Cc1cccc(-c2ccc(NC(=O)[C@H]3CC[C@@H](O)CC3)cc2)c1)C(=O)CNC(=O)OC(C)(C)C. The molecular weight excluding hydrogens is 458 g/mol. The number of nitrogens with zero attached hydrogens (tertiary/aromatic N) is 1. The molecule has 8 nitrogen and oxygen atoms in total. The highest BCUT2D eigenvalue weighted by Crippen LogP contribution is 2.27. The molecule has 3 rings (SSSR count). The van der Waals surface area contributed by atoms with Crippen molar-refractivity contribution >= 4 is 23.6 Å². The van der Waals surface area contributed by atoms with Gasteiger partial charge in [-0.15, -0.1) is 0 Å². The summed E-state index contributed by atoms with van der Waals surface area (Å²) in [5.74, 6) is -0.270. The lowest BCUT2D eigenvalue weighted by atomic mass is 9.87. The van der Waals surface area contributed by atoms with Crippen LogP contribution in [-0.4, -0.2) is 53.2 Å². The summed E-state index contributed by atoms with van der Waals surface area (Å²) in [6.45, 7) is 5.55. The first-order chi connectivity index (χ1) is 17.0. The van der Waals surface area contributed by atoms with Crippen LogP contribution in [0.4, 0.5) is 10.5 Å². The van der Waals surface area contributed by atoms with Crippen molar-refractivity contribution in [1.29, 1.82) is 0 Å². The zero-order valence-electron chi connectivity index (χ0n) is 21.5. The summed E-state index contributed by atoms with van der Waals surface area (Å²) in [5.41, 5.74) is 3.07. The monoisotopic (exact) mass is 495 g/mol. The van der Waals surface area contributed by atoms with Crippen molar-refractivity contribution in [3.63, 3.8) is 0 Å². The van der Waals surface area contributed by atoms with Gasteiger partial charge in [0, 0.05) is 25.2 Å². The second kappa shape index (κ2) is 12.0. The van der Waals surface area contributed by atoms with Gasteiger partial charge in [-0.25, -0.2) is 4.79 Å². The minimum absolute atomic E-state index is 0.00510. The number of likely N-dealkylation sites (N-methyl/N-ethyl adjacent to an activating group) is 1. The second-order valence-corrected chi connectivity index (χ2v) is 10.4. The third-order valence-electron chi connectivity index (χ3n) is 6.11. The van der Waals surface area contributed by atoms with Crippen LogP contribution >= 0.6 is 0 Å². The number of benzene rings is 2. The first kappa shape index (κ1) is 27.2. The fourth-order valence-corrected chi connectivity index (χ4v) is 4.14. The van der Waals surface area contributed by atoms with E-state index >= 15 is 0 Å². The van der Waals surface area contributed by atoms with E-state index in [2.05, 4.69) is 10.6 Å². The molecular formula is C28H37N3O5. The van der Waals surface area contributed by atoms with E-state index in [-0.39, 0.29) is 30.4 Å². The maximum absolute atomic E-state index is 12.5. The Morgan fingerprint density at radius 1 is 1.00 bits per heavy atom. The number of nitrogens with one attached hydrogen (secondary N) is 2. The summed E-state index contributed by atoms with van der Waals surface area (Å²) >= 11 is 0. The van der Waals surface area contributed by atoms with Gasteiger partial charge in [0.2, 0.25) is 11.8 Å². The predicted molar refractivity (Wildman–Crippen MR) is 139 cm³/mol. The van der Waals surface area contributed by atoms with Crippen molar-refractivity contribution in [2.45, 2.75) is 64.7 Å². The Labute approximate surface area is 213 Å². The number of hydrogen-bond donors (Lipinski definition) is 3. The van der Waals surface area contributed by atoms with Gasteiger partial charge in [0.05, 0.1) is 6.10 Å². The number of anilines is 1. The van der Waals surface area contributed by atoms with Gasteiger partial charge in [0.25, 0.3) is 0 Å². The molecule has 0 heterocycles. The van der Waals surface area contributed by atoms with E-state index in [0.717, 1.165) is 22.4 Å². The number of alkyl carbamates (subject to hydrolysis) is 1. The van der Waals surface area contributed by atoms with Crippen LogP contribution in [0.3, 0.4) is 0 Å². The van der Waals surface area contributed by atoms with Crippen LogP contribution in [0.5, 0.6) is 0 Å². The molecule has 1 aliphatic rings. The molecule has 36 heavy (non-hydrogen) atoms. The van der Waals surface area contributed by atoms with Gasteiger partial charge in [-0.05, 0) is 81.3 Å². The average Bonchev–Trinajstić information content (AvgIpc) is 2.82. The summed E-state index contributed by atoms with van der Waals surface area (Å²) in [5, 5.41) is 15.1. The second-order valence-electron chi connectivity index (χ2n) is 10.4. The standard InChI is InChI=1S/C28H37N3O5/c1-28(2,3)36-27(35)29-17-25(33)31(4)18-19-6-5-7-22(16-19)20-8-12-23(13-9-20)30-26(34)21-10-14-24(32)15-11-21/h5-9,12-13,16,21,24,32H,10-11,14-15,17-18H2,1-4H3,(H,29,35)(H,30,34)/t21-,24+. The van der Waals surface area contributed by atoms with Crippen molar-refractivity contribution in [3.8, 4) is 11.1 Å². The van der Waals surface area contributed by atoms with Crippen molar-refractivity contribution in [1.82, 2.24) is 10.2 Å². The number of carbonyl (C=O) groups is 3. The van der Waals surface area contributed by atoms with E-state index in [1.54, 1.807) is 32.7 Å². The molecule has 3 amide bonds. The van der Waals surface area contributed by atoms with Gasteiger partial charge in [0.15, 0.2) is 0 Å². The third-order valence-corrected chi connectivity index (χ3v) is 6.11. The van der Waals surface area contributed by atoms with Crippen molar-refractivity contribution in [3.05, 3.63) is 54.1 Å². The van der Waals surface area contributed by atoms with Crippen LogP contribution in [0.15, 0.2) is 48.5 Å². The van der Waals surface area contributed by atoms with Crippen LogP contribution in [0.1, 0.15) is 52.0 Å². The van der Waals surface area contributed by atoms with E-state index < -0.39 is 11.7 Å². The number of rotatable bonds is 7. The topological polar surface area (TPSA) is 108 Å². The van der Waals surface area contributed by atoms with Crippen molar-refractivity contribution < 1.29 is 24.2 Å². The average molecular weight is 496 g/mol. The number of ether oxygens (including phenoxy) is 1. The fraction of sp³-hybridized carbons (Fsp3) is 0.464. The Hall–Kier alpha value is -3.39. The van der Waals surface area contributed by atoms with Crippen LogP contribution in [0, 0.1) is 5.92 Å². The third kappa shape index (κ3) is 8.37. The summed E-state index contributed by atoms with van der Waals surface area (Å²) in [6.07, 6.45) is 1.87. The van der Waals surface area contributed by atoms with Gasteiger partial charge in [-0.1, -0.05) is 30.3 Å². The molecule has 1 saturated carbocycles. The smallest absolute Gasteiger partial charge is 0.408 e. The molecule has 194 valence electrons. The van der Waals surface area contributed by atoms with Crippen LogP contribution < -0.4 is 10.6 Å². The molecule has 0 atom stereocenters. The molecule has 0 aromatic heterocycles. The van der Waals surface area contributed by atoms with E-state index in [1.165, 1.54) is 0 Å². The molecule has 0 saturated heterocycles. The quantitative estimate of drug-likeness (QED) is 0.530. The largest absolute Gasteiger partial charge is 0.444 e. The lowest BCUT2D eigenvalue weighted by Gasteiger charge is -2.24. The zero-order valence-corrected chi connectivity index (χ0v) is 21.5. The van der Waals surface area contributed by atoms with Crippen LogP contribution in [0.2, 0.25) is 0 Å². The number of amides is 3.